The summed E-state index contributed by atoms with van der Waals surface area (Å²) in [6, 6.07) is 20.1. The molecule has 0 fully saturated rings. The lowest BCUT2D eigenvalue weighted by atomic mass is 9.97. The number of aryl methyl sites for hydroxylation is 2. The lowest BCUT2D eigenvalue weighted by molar-refractivity contribution is -0.120. The van der Waals surface area contributed by atoms with Crippen molar-refractivity contribution >= 4 is 28.8 Å². The molecule has 168 valence electrons. The molecular weight excluding hydrogens is 416 g/mol. The highest BCUT2D eigenvalue weighted by atomic mass is 16.5. The predicted octanol–water partition coefficient (Wildman–Crippen LogP) is 5.11. The molecule has 1 aliphatic heterocycles. The number of hydrogen-bond acceptors (Lipinski definition) is 5. The molecule has 6 nitrogen and oxygen atoms in total. The molecule has 0 aliphatic carbocycles. The van der Waals surface area contributed by atoms with Crippen LogP contribution in [0.1, 0.15) is 23.6 Å². The van der Waals surface area contributed by atoms with Gasteiger partial charge in [-0.3, -0.25) is 9.59 Å². The van der Waals surface area contributed by atoms with Gasteiger partial charge in [0.15, 0.2) is 0 Å². The minimum Gasteiger partial charge on any atom is -0.497 e. The monoisotopic (exact) mass is 442 g/mol. The van der Waals surface area contributed by atoms with Crippen LogP contribution in [0.25, 0.3) is 5.57 Å². The van der Waals surface area contributed by atoms with Crippen LogP contribution in [0.15, 0.2) is 72.4 Å². The maximum Gasteiger partial charge on any atom is 0.282 e. The van der Waals surface area contributed by atoms with Crippen LogP contribution in [0.2, 0.25) is 0 Å². The second-order valence-corrected chi connectivity index (χ2v) is 7.80. The Morgan fingerprint density at radius 3 is 2.36 bits per heavy atom. The van der Waals surface area contributed by atoms with Gasteiger partial charge in [0.2, 0.25) is 0 Å². The molecule has 3 aromatic rings. The van der Waals surface area contributed by atoms with Crippen LogP contribution in [0.5, 0.6) is 11.5 Å². The molecule has 6 heteroatoms. The van der Waals surface area contributed by atoms with Crippen LogP contribution in [0.4, 0.5) is 11.4 Å². The van der Waals surface area contributed by atoms with E-state index >= 15 is 0 Å². The van der Waals surface area contributed by atoms with E-state index in [1.54, 1.807) is 31.4 Å². The smallest absolute Gasteiger partial charge is 0.282 e. The highest BCUT2D eigenvalue weighted by Gasteiger charge is 2.40. The Bertz CT molecular complexity index is 1260. The average Bonchev–Trinajstić information content (AvgIpc) is 3.04. The van der Waals surface area contributed by atoms with Crippen LogP contribution < -0.4 is 19.7 Å². The number of nitrogens with one attached hydrogen (secondary N) is 1. The summed E-state index contributed by atoms with van der Waals surface area (Å²) in [5, 5.41) is 3.19. The number of carbonyl (C=O) groups is 2. The van der Waals surface area contributed by atoms with Crippen molar-refractivity contribution in [2.75, 3.05) is 23.9 Å². The molecule has 1 N–H and O–H groups in total. The van der Waals surface area contributed by atoms with Crippen molar-refractivity contribution < 1.29 is 19.1 Å². The summed E-state index contributed by atoms with van der Waals surface area (Å²) in [5.74, 6) is 0.429. The fourth-order valence-electron chi connectivity index (χ4n) is 3.95. The number of amides is 2. The van der Waals surface area contributed by atoms with Crippen LogP contribution in [0, 0.1) is 13.8 Å². The fraction of sp³-hybridized carbons (Fsp3) is 0.185. The Morgan fingerprint density at radius 1 is 0.879 bits per heavy atom. The molecular formula is C27H26N2O4. The molecule has 0 spiro atoms. The van der Waals surface area contributed by atoms with E-state index in [-0.39, 0.29) is 11.6 Å². The van der Waals surface area contributed by atoms with Gasteiger partial charge >= 0.3 is 0 Å². The van der Waals surface area contributed by atoms with E-state index in [4.69, 9.17) is 9.47 Å². The van der Waals surface area contributed by atoms with Gasteiger partial charge in [-0.15, -0.1) is 0 Å². The molecule has 0 radical (unpaired) electrons. The van der Waals surface area contributed by atoms with Crippen molar-refractivity contribution in [2.24, 2.45) is 0 Å². The first kappa shape index (κ1) is 22.1. The maximum atomic E-state index is 13.7. The zero-order chi connectivity index (χ0) is 23.5. The van der Waals surface area contributed by atoms with Crippen LogP contribution >= 0.6 is 0 Å². The zero-order valence-corrected chi connectivity index (χ0v) is 19.1. The highest BCUT2D eigenvalue weighted by Crippen LogP contribution is 2.36. The number of anilines is 2. The van der Waals surface area contributed by atoms with Crippen LogP contribution in [-0.4, -0.2) is 25.5 Å². The standard InChI is InChI=1S/C27H26N2O4/c1-5-33-22-11-6-8-19(15-22)28-25-24(23-13-12-17(2)14-18(23)3)26(30)29(27(25)31)20-9-7-10-21(16-20)32-4/h6-16,28H,5H2,1-4H3. The van der Waals surface area contributed by atoms with Crippen molar-refractivity contribution in [3.63, 3.8) is 0 Å². The van der Waals surface area contributed by atoms with E-state index in [2.05, 4.69) is 5.32 Å². The first-order valence-electron chi connectivity index (χ1n) is 10.8. The quantitative estimate of drug-likeness (QED) is 0.515. The number of ether oxygens (including phenoxy) is 2. The summed E-state index contributed by atoms with van der Waals surface area (Å²) in [6.45, 7) is 6.37. The lowest BCUT2D eigenvalue weighted by Gasteiger charge is -2.16. The van der Waals surface area contributed by atoms with Crippen LogP contribution in [0.3, 0.4) is 0 Å². The van der Waals surface area contributed by atoms with Crippen molar-refractivity contribution in [2.45, 2.75) is 20.8 Å². The SMILES string of the molecule is CCOc1cccc(NC2=C(c3ccc(C)cc3C)C(=O)N(c3cccc(OC)c3)C2=O)c1. The minimum atomic E-state index is -0.426. The third-order valence-corrected chi connectivity index (χ3v) is 5.46. The van der Waals surface area contributed by atoms with Crippen molar-refractivity contribution in [3.05, 3.63) is 89.1 Å². The molecule has 0 atom stereocenters. The Labute approximate surface area is 193 Å². The summed E-state index contributed by atoms with van der Waals surface area (Å²) in [6.07, 6.45) is 0. The molecule has 33 heavy (non-hydrogen) atoms. The van der Waals surface area contributed by atoms with Gasteiger partial charge in [-0.2, -0.15) is 0 Å². The number of carbonyl (C=O) groups excluding carboxylic acids is 2. The van der Waals surface area contributed by atoms with E-state index in [0.717, 1.165) is 11.1 Å². The number of imide groups is 1. The number of rotatable bonds is 7. The van der Waals surface area contributed by atoms with Crippen molar-refractivity contribution in [3.8, 4) is 11.5 Å². The molecule has 1 aliphatic rings. The van der Waals surface area contributed by atoms with E-state index < -0.39 is 5.91 Å². The number of hydrogen-bond donors (Lipinski definition) is 1. The summed E-state index contributed by atoms with van der Waals surface area (Å²) in [7, 11) is 1.55. The Morgan fingerprint density at radius 2 is 1.64 bits per heavy atom. The summed E-state index contributed by atoms with van der Waals surface area (Å²) in [4.78, 5) is 28.5. The number of benzene rings is 3. The van der Waals surface area contributed by atoms with Gasteiger partial charge < -0.3 is 14.8 Å². The lowest BCUT2D eigenvalue weighted by Crippen LogP contribution is -2.32. The van der Waals surface area contributed by atoms with Gasteiger partial charge in [-0.1, -0.05) is 35.9 Å². The molecule has 0 bridgehead atoms. The predicted molar refractivity (Wildman–Crippen MR) is 130 cm³/mol. The van der Waals surface area contributed by atoms with Gasteiger partial charge in [0.1, 0.15) is 17.2 Å². The molecule has 0 saturated carbocycles. The molecule has 0 aromatic heterocycles. The summed E-state index contributed by atoms with van der Waals surface area (Å²) in [5.41, 5.74) is 4.38. The maximum absolute atomic E-state index is 13.7. The second-order valence-electron chi connectivity index (χ2n) is 7.80. The second kappa shape index (κ2) is 9.20. The number of nitrogens with zero attached hydrogens (tertiary/aromatic N) is 1. The van der Waals surface area contributed by atoms with Gasteiger partial charge in [-0.05, 0) is 56.2 Å². The number of methoxy groups -OCH3 is 1. The molecule has 4 rings (SSSR count). The fourth-order valence-corrected chi connectivity index (χ4v) is 3.95. The van der Waals surface area contributed by atoms with Crippen molar-refractivity contribution in [1.29, 1.82) is 0 Å². The van der Waals surface area contributed by atoms with Crippen LogP contribution in [-0.2, 0) is 9.59 Å². The van der Waals surface area contributed by atoms with Crippen molar-refractivity contribution in [1.82, 2.24) is 0 Å². The van der Waals surface area contributed by atoms with E-state index in [1.807, 2.05) is 63.2 Å². The van der Waals surface area contributed by atoms with E-state index in [9.17, 15) is 9.59 Å². The van der Waals surface area contributed by atoms with Gasteiger partial charge in [0, 0.05) is 17.8 Å². The molecule has 2 amide bonds. The largest absolute Gasteiger partial charge is 0.497 e. The topological polar surface area (TPSA) is 67.9 Å². The third-order valence-electron chi connectivity index (χ3n) is 5.46. The van der Waals surface area contributed by atoms with E-state index in [1.165, 1.54) is 4.90 Å². The normalized spacial score (nSPS) is 13.5. The molecule has 0 saturated heterocycles. The zero-order valence-electron chi connectivity index (χ0n) is 19.1. The van der Waals surface area contributed by atoms with Gasteiger partial charge in [0.05, 0.1) is 25.0 Å². The minimum absolute atomic E-state index is 0.225. The Kier molecular flexibility index (Phi) is 6.18. The van der Waals surface area contributed by atoms with Gasteiger partial charge in [-0.25, -0.2) is 4.90 Å². The summed E-state index contributed by atoms with van der Waals surface area (Å²) >= 11 is 0. The highest BCUT2D eigenvalue weighted by molar-refractivity contribution is 6.46. The first-order chi connectivity index (χ1) is 15.9. The Hall–Kier alpha value is -4.06. The average molecular weight is 443 g/mol. The van der Waals surface area contributed by atoms with E-state index in [0.29, 0.717) is 40.6 Å². The first-order valence-corrected chi connectivity index (χ1v) is 10.8. The Balaban J connectivity index is 1.83. The van der Waals surface area contributed by atoms with Gasteiger partial charge in [0.25, 0.3) is 11.8 Å². The summed E-state index contributed by atoms with van der Waals surface area (Å²) < 4.78 is 10.9. The molecule has 1 heterocycles. The third kappa shape index (κ3) is 4.32. The molecule has 3 aromatic carbocycles. The molecule has 0 unspecified atom stereocenters.